The summed E-state index contributed by atoms with van der Waals surface area (Å²) >= 11 is 0. The van der Waals surface area contributed by atoms with Crippen molar-refractivity contribution in [2.24, 2.45) is 0 Å². The molecule has 2 aliphatic heterocycles. The van der Waals surface area contributed by atoms with Crippen molar-refractivity contribution in [1.82, 2.24) is 5.32 Å². The molecule has 2 saturated heterocycles. The predicted octanol–water partition coefficient (Wildman–Crippen LogP) is 2.13. The highest BCUT2D eigenvalue weighted by molar-refractivity contribution is 6.62. The molecule has 2 aliphatic rings. The maximum absolute atomic E-state index is 6.14. The first-order valence-corrected chi connectivity index (χ1v) is 8.22. The topological polar surface area (TPSA) is 33.7 Å². The molecule has 0 aliphatic carbocycles. The van der Waals surface area contributed by atoms with Crippen LogP contribution in [0.3, 0.4) is 0 Å². The molecule has 1 aromatic rings. The van der Waals surface area contributed by atoms with Crippen molar-refractivity contribution >= 4 is 30.7 Å². The number of nitrogens with one attached hydrogen (secondary N) is 1. The number of aryl methyl sites for hydroxylation is 1. The Morgan fingerprint density at radius 2 is 1.61 bits per heavy atom. The summed E-state index contributed by atoms with van der Waals surface area (Å²) in [7, 11) is -0.277. The van der Waals surface area contributed by atoms with E-state index in [9.17, 15) is 0 Å². The van der Waals surface area contributed by atoms with E-state index in [4.69, 9.17) is 9.31 Å². The Kier molecular flexibility index (Phi) is 5.36. The number of hydrogen-bond acceptors (Lipinski definition) is 4. The van der Waals surface area contributed by atoms with Crippen LogP contribution in [0.5, 0.6) is 0 Å². The van der Waals surface area contributed by atoms with Crippen LogP contribution in [0.2, 0.25) is 0 Å². The molecule has 23 heavy (non-hydrogen) atoms. The monoisotopic (exact) mass is 338 g/mol. The summed E-state index contributed by atoms with van der Waals surface area (Å²) in [6, 6.07) is 6.56. The van der Waals surface area contributed by atoms with E-state index in [1.165, 1.54) is 11.3 Å². The van der Waals surface area contributed by atoms with Gasteiger partial charge in [-0.3, -0.25) is 0 Å². The van der Waals surface area contributed by atoms with E-state index >= 15 is 0 Å². The first-order chi connectivity index (χ1) is 10.3. The van der Waals surface area contributed by atoms with E-state index < -0.39 is 0 Å². The third kappa shape index (κ3) is 3.53. The first-order valence-electron chi connectivity index (χ1n) is 8.22. The average Bonchev–Trinajstić information content (AvgIpc) is 2.68. The Morgan fingerprint density at radius 1 is 1.04 bits per heavy atom. The lowest BCUT2D eigenvalue weighted by atomic mass is 9.78. The molecule has 0 spiro atoms. The van der Waals surface area contributed by atoms with Gasteiger partial charge in [0, 0.05) is 31.9 Å². The zero-order valence-corrected chi connectivity index (χ0v) is 15.6. The fourth-order valence-corrected chi connectivity index (χ4v) is 3.06. The minimum absolute atomic E-state index is 0. The second kappa shape index (κ2) is 6.63. The van der Waals surface area contributed by atoms with Crippen molar-refractivity contribution in [3.8, 4) is 0 Å². The molecule has 3 rings (SSSR count). The van der Waals surface area contributed by atoms with Gasteiger partial charge >= 0.3 is 7.12 Å². The first kappa shape index (κ1) is 18.6. The maximum Gasteiger partial charge on any atom is 0.494 e. The number of hydrogen-bond donors (Lipinski definition) is 1. The molecule has 0 bridgehead atoms. The highest BCUT2D eigenvalue weighted by atomic mass is 35.5. The van der Waals surface area contributed by atoms with Gasteiger partial charge in [0.25, 0.3) is 0 Å². The smallest absolute Gasteiger partial charge is 0.399 e. The Morgan fingerprint density at radius 3 is 2.13 bits per heavy atom. The molecule has 1 N–H and O–H groups in total. The van der Waals surface area contributed by atoms with Crippen LogP contribution in [0.15, 0.2) is 18.2 Å². The minimum Gasteiger partial charge on any atom is -0.399 e. The van der Waals surface area contributed by atoms with Crippen LogP contribution in [-0.2, 0) is 9.31 Å². The summed E-state index contributed by atoms with van der Waals surface area (Å²) < 4.78 is 12.3. The Balaban J connectivity index is 0.00000192. The summed E-state index contributed by atoms with van der Waals surface area (Å²) in [4.78, 5) is 2.44. The summed E-state index contributed by atoms with van der Waals surface area (Å²) in [5.74, 6) is 0. The van der Waals surface area contributed by atoms with Crippen molar-refractivity contribution in [3.05, 3.63) is 23.8 Å². The summed E-state index contributed by atoms with van der Waals surface area (Å²) in [6.45, 7) is 14.8. The maximum atomic E-state index is 6.14. The fourth-order valence-electron chi connectivity index (χ4n) is 3.06. The van der Waals surface area contributed by atoms with Crippen LogP contribution >= 0.6 is 12.4 Å². The van der Waals surface area contributed by atoms with Gasteiger partial charge in [-0.1, -0.05) is 12.1 Å². The molecule has 4 nitrogen and oxygen atoms in total. The quantitative estimate of drug-likeness (QED) is 0.838. The van der Waals surface area contributed by atoms with E-state index in [0.29, 0.717) is 0 Å². The van der Waals surface area contributed by atoms with Crippen LogP contribution in [-0.4, -0.2) is 44.5 Å². The average molecular weight is 339 g/mol. The molecule has 1 aromatic carbocycles. The fraction of sp³-hybridized carbons (Fsp3) is 0.647. The predicted molar refractivity (Wildman–Crippen MR) is 99.2 cm³/mol. The standard InChI is InChI=1S/C17H27BN2O2.ClH/c1-13-12-14(18-21-16(2,3)17(4,5)22-18)6-7-15(13)20-10-8-19-9-11-20;/h6-7,12,19H,8-11H2,1-5H3;1H. The van der Waals surface area contributed by atoms with Gasteiger partial charge in [0.15, 0.2) is 0 Å². The van der Waals surface area contributed by atoms with Crippen LogP contribution < -0.4 is 15.7 Å². The lowest BCUT2D eigenvalue weighted by Gasteiger charge is -2.32. The molecular formula is C17H28BClN2O2. The molecule has 128 valence electrons. The number of halogens is 1. The molecule has 0 saturated carbocycles. The molecule has 6 heteroatoms. The summed E-state index contributed by atoms with van der Waals surface area (Å²) in [5, 5.41) is 3.40. The van der Waals surface area contributed by atoms with Crippen molar-refractivity contribution in [3.63, 3.8) is 0 Å². The molecular weight excluding hydrogens is 310 g/mol. The number of rotatable bonds is 2. The van der Waals surface area contributed by atoms with Gasteiger partial charge in [-0.05, 0) is 51.7 Å². The molecule has 2 heterocycles. The Labute approximate surface area is 146 Å². The normalized spacial score (nSPS) is 22.8. The van der Waals surface area contributed by atoms with Gasteiger partial charge in [0.05, 0.1) is 11.2 Å². The van der Waals surface area contributed by atoms with Crippen LogP contribution in [0.1, 0.15) is 33.3 Å². The Bertz CT molecular complexity index is 544. The van der Waals surface area contributed by atoms with E-state index in [1.54, 1.807) is 0 Å². The molecule has 0 aromatic heterocycles. The molecule has 0 atom stereocenters. The highest BCUT2D eigenvalue weighted by Crippen LogP contribution is 2.36. The minimum atomic E-state index is -0.289. The van der Waals surface area contributed by atoms with E-state index in [0.717, 1.165) is 31.6 Å². The van der Waals surface area contributed by atoms with Crippen LogP contribution in [0, 0.1) is 6.92 Å². The van der Waals surface area contributed by atoms with E-state index in [2.05, 4.69) is 63.0 Å². The molecule has 0 radical (unpaired) electrons. The molecule has 0 unspecified atom stereocenters. The van der Waals surface area contributed by atoms with Gasteiger partial charge < -0.3 is 19.5 Å². The van der Waals surface area contributed by atoms with Crippen LogP contribution in [0.4, 0.5) is 5.69 Å². The number of anilines is 1. The van der Waals surface area contributed by atoms with Gasteiger partial charge in [-0.25, -0.2) is 0 Å². The van der Waals surface area contributed by atoms with Gasteiger partial charge in [-0.15, -0.1) is 12.4 Å². The molecule has 2 fully saturated rings. The Hall–Kier alpha value is -0.745. The largest absolute Gasteiger partial charge is 0.494 e. The van der Waals surface area contributed by atoms with Gasteiger partial charge in [-0.2, -0.15) is 0 Å². The highest BCUT2D eigenvalue weighted by Gasteiger charge is 2.51. The van der Waals surface area contributed by atoms with Crippen molar-refractivity contribution < 1.29 is 9.31 Å². The zero-order chi connectivity index (χ0) is 16.0. The lowest BCUT2D eigenvalue weighted by molar-refractivity contribution is 0.00578. The van der Waals surface area contributed by atoms with Crippen molar-refractivity contribution in [2.75, 3.05) is 31.1 Å². The van der Waals surface area contributed by atoms with Gasteiger partial charge in [0.2, 0.25) is 0 Å². The van der Waals surface area contributed by atoms with E-state index in [-0.39, 0.29) is 30.7 Å². The summed E-state index contributed by atoms with van der Waals surface area (Å²) in [6.07, 6.45) is 0. The number of nitrogens with zero attached hydrogens (tertiary/aromatic N) is 1. The van der Waals surface area contributed by atoms with Crippen molar-refractivity contribution in [2.45, 2.75) is 45.8 Å². The molecule has 0 amide bonds. The number of piperazine rings is 1. The lowest BCUT2D eigenvalue weighted by Crippen LogP contribution is -2.44. The SMILES string of the molecule is Cc1cc(B2OC(C)(C)C(C)(C)O2)ccc1N1CCNCC1.Cl. The second-order valence-electron chi connectivity index (χ2n) is 7.37. The third-order valence-corrected chi connectivity index (χ3v) is 5.20. The number of benzene rings is 1. The summed E-state index contributed by atoms with van der Waals surface area (Å²) in [5.41, 5.74) is 3.14. The van der Waals surface area contributed by atoms with Gasteiger partial charge in [0.1, 0.15) is 0 Å². The van der Waals surface area contributed by atoms with Crippen molar-refractivity contribution in [1.29, 1.82) is 0 Å². The second-order valence-corrected chi connectivity index (χ2v) is 7.37. The zero-order valence-electron chi connectivity index (χ0n) is 14.8. The third-order valence-electron chi connectivity index (χ3n) is 5.20. The van der Waals surface area contributed by atoms with E-state index in [1.807, 2.05) is 0 Å². The van der Waals surface area contributed by atoms with Crippen LogP contribution in [0.25, 0.3) is 0 Å².